The number of hydrogen-bond acceptors (Lipinski definition) is 4. The third kappa shape index (κ3) is 14.3. The van der Waals surface area contributed by atoms with Crippen LogP contribution >= 0.6 is 0 Å². The van der Waals surface area contributed by atoms with Crippen molar-refractivity contribution >= 4 is 6.79 Å². The predicted molar refractivity (Wildman–Crippen MR) is 114 cm³/mol. The molecule has 0 saturated heterocycles. The molecule has 4 nitrogen and oxygen atoms in total. The van der Waals surface area contributed by atoms with Crippen molar-refractivity contribution in [1.29, 1.82) is 0 Å². The van der Waals surface area contributed by atoms with Crippen LogP contribution < -0.4 is 16.2 Å². The van der Waals surface area contributed by atoms with E-state index >= 15 is 0 Å². The predicted octanol–water partition coefficient (Wildman–Crippen LogP) is 4.52. The largest absolute Gasteiger partial charge is 0.462 e. The fourth-order valence-corrected chi connectivity index (χ4v) is 1.91. The van der Waals surface area contributed by atoms with Crippen molar-refractivity contribution in [3.8, 4) is 17.6 Å². The Labute approximate surface area is 161 Å². The first kappa shape index (κ1) is 28.7. The molecular weight excluding hydrogens is 324 g/mol. The molecule has 0 aromatic heterocycles. The van der Waals surface area contributed by atoms with Crippen LogP contribution in [0.2, 0.25) is 0 Å². The molecule has 0 heterocycles. The first-order chi connectivity index (χ1) is 12.6. The van der Waals surface area contributed by atoms with Gasteiger partial charge in [0.15, 0.2) is 0 Å². The maximum absolute atomic E-state index is 8.00. The minimum Gasteiger partial charge on any atom is -0.462 e. The van der Waals surface area contributed by atoms with E-state index in [1.54, 1.807) is 0 Å². The minimum atomic E-state index is -0.104. The van der Waals surface area contributed by atoms with Gasteiger partial charge in [-0.2, -0.15) is 0 Å². The van der Waals surface area contributed by atoms with E-state index in [2.05, 4.69) is 30.6 Å². The summed E-state index contributed by atoms with van der Waals surface area (Å²) >= 11 is 0. The smallest absolute Gasteiger partial charge is 0.128 e. The second-order valence-corrected chi connectivity index (χ2v) is 4.90. The molecule has 26 heavy (non-hydrogen) atoms. The van der Waals surface area contributed by atoms with Gasteiger partial charge in [-0.15, -0.1) is 0 Å². The average molecular weight is 363 g/mol. The third-order valence-electron chi connectivity index (χ3n) is 2.82. The first-order valence-corrected chi connectivity index (χ1v) is 9.24. The Hall–Kier alpha value is -2.09. The number of carbonyl (C=O) groups is 1. The van der Waals surface area contributed by atoms with Crippen molar-refractivity contribution in [1.82, 2.24) is 0 Å². The zero-order valence-electron chi connectivity index (χ0n) is 17.6. The Morgan fingerprint density at radius 1 is 1.19 bits per heavy atom. The zero-order chi connectivity index (χ0) is 21.0. The number of hydrogen-bond donors (Lipinski definition) is 2. The van der Waals surface area contributed by atoms with Crippen molar-refractivity contribution in [2.24, 2.45) is 17.4 Å². The van der Waals surface area contributed by atoms with E-state index < -0.39 is 0 Å². The molecule has 0 bridgehead atoms. The minimum absolute atomic E-state index is 0.104. The topological polar surface area (TPSA) is 78.3 Å². The molecule has 1 aliphatic rings. The van der Waals surface area contributed by atoms with Crippen LogP contribution in [-0.4, -0.2) is 19.9 Å². The molecule has 0 radical (unpaired) electrons. The zero-order valence-corrected chi connectivity index (χ0v) is 17.6. The van der Waals surface area contributed by atoms with Gasteiger partial charge in [0.1, 0.15) is 18.3 Å². The number of ether oxygens (including phenoxy) is 1. The number of rotatable bonds is 2. The van der Waals surface area contributed by atoms with Gasteiger partial charge >= 0.3 is 0 Å². The summed E-state index contributed by atoms with van der Waals surface area (Å²) in [6.07, 6.45) is 4.31. The summed E-state index contributed by atoms with van der Waals surface area (Å²) in [6.45, 7) is 14.1. The number of carbonyl (C=O) groups excluding carboxylic acids is 1. The standard InChI is InChI=1S/C16H19NO.2C2H6.CH5N.CH2O/c1-12-6-9-16(10-12)18-15-5-3-4-14(11-15)8-7-13(2)17;4*1-2/h3-5,9,11-13H,6,10,17H2,1-2H3;2*1-2H3;2H2,1H3;1H2. The van der Waals surface area contributed by atoms with Gasteiger partial charge in [-0.1, -0.05) is 52.5 Å². The normalized spacial score (nSPS) is 14.5. The van der Waals surface area contributed by atoms with E-state index in [0.717, 1.165) is 29.9 Å². The van der Waals surface area contributed by atoms with Crippen LogP contribution in [0.1, 0.15) is 59.9 Å². The lowest BCUT2D eigenvalue weighted by Crippen LogP contribution is -2.10. The molecular formula is C22H38N2O2. The van der Waals surface area contributed by atoms with Gasteiger partial charge in [-0.05, 0) is 50.6 Å². The lowest BCUT2D eigenvalue weighted by molar-refractivity contribution is -0.0979. The van der Waals surface area contributed by atoms with E-state index in [-0.39, 0.29) is 6.04 Å². The van der Waals surface area contributed by atoms with Gasteiger partial charge in [0.2, 0.25) is 0 Å². The van der Waals surface area contributed by atoms with Gasteiger partial charge < -0.3 is 21.0 Å². The Morgan fingerprint density at radius 3 is 2.23 bits per heavy atom. The molecule has 1 aromatic carbocycles. The highest BCUT2D eigenvalue weighted by Gasteiger charge is 2.13. The van der Waals surface area contributed by atoms with Crippen LogP contribution in [0.25, 0.3) is 0 Å². The van der Waals surface area contributed by atoms with Crippen LogP contribution in [0.3, 0.4) is 0 Å². The summed E-state index contributed by atoms with van der Waals surface area (Å²) in [5, 5.41) is 0. The Kier molecular flexibility index (Phi) is 23.1. The van der Waals surface area contributed by atoms with E-state index in [0.29, 0.717) is 5.92 Å². The monoisotopic (exact) mass is 362 g/mol. The van der Waals surface area contributed by atoms with Crippen molar-refractivity contribution < 1.29 is 9.53 Å². The van der Waals surface area contributed by atoms with Crippen molar-refractivity contribution in [3.05, 3.63) is 41.7 Å². The Balaban J connectivity index is -0.000000585. The van der Waals surface area contributed by atoms with Crippen molar-refractivity contribution in [2.75, 3.05) is 7.05 Å². The van der Waals surface area contributed by atoms with Crippen LogP contribution in [-0.2, 0) is 4.79 Å². The molecule has 0 amide bonds. The van der Waals surface area contributed by atoms with Crippen LogP contribution in [0.4, 0.5) is 0 Å². The lowest BCUT2D eigenvalue weighted by Gasteiger charge is -2.07. The summed E-state index contributed by atoms with van der Waals surface area (Å²) < 4.78 is 5.86. The highest BCUT2D eigenvalue weighted by atomic mass is 16.5. The molecule has 1 aliphatic carbocycles. The Bertz CT molecular complexity index is 528. The van der Waals surface area contributed by atoms with E-state index in [9.17, 15) is 0 Å². The van der Waals surface area contributed by atoms with Crippen LogP contribution in [0, 0.1) is 17.8 Å². The van der Waals surface area contributed by atoms with Crippen LogP contribution in [0.5, 0.6) is 5.75 Å². The summed E-state index contributed by atoms with van der Waals surface area (Å²) in [5.74, 6) is 8.61. The van der Waals surface area contributed by atoms with Gasteiger partial charge in [-0.25, -0.2) is 0 Å². The summed E-state index contributed by atoms with van der Waals surface area (Å²) in [5.41, 5.74) is 11.1. The van der Waals surface area contributed by atoms with Crippen molar-refractivity contribution in [2.45, 2.75) is 60.4 Å². The maximum atomic E-state index is 8.00. The fraction of sp³-hybridized carbons (Fsp3) is 0.500. The SMILES string of the molecule is C=O.CC.CC.CC(N)C#Cc1cccc(OC2=CCC(C)C2)c1.CN. The molecule has 4 heteroatoms. The molecule has 2 unspecified atom stereocenters. The van der Waals surface area contributed by atoms with Crippen LogP contribution in [0.15, 0.2) is 36.1 Å². The number of allylic oxidation sites excluding steroid dienone is 2. The summed E-state index contributed by atoms with van der Waals surface area (Å²) in [4.78, 5) is 8.00. The van der Waals surface area contributed by atoms with E-state index in [4.69, 9.17) is 15.3 Å². The summed E-state index contributed by atoms with van der Waals surface area (Å²) in [7, 11) is 1.50. The molecule has 0 spiro atoms. The third-order valence-corrected chi connectivity index (χ3v) is 2.82. The quantitative estimate of drug-likeness (QED) is 0.758. The molecule has 1 aromatic rings. The summed E-state index contributed by atoms with van der Waals surface area (Å²) in [6, 6.07) is 7.74. The van der Waals surface area contributed by atoms with Gasteiger partial charge in [0, 0.05) is 12.0 Å². The highest BCUT2D eigenvalue weighted by molar-refractivity contribution is 5.41. The van der Waals surface area contributed by atoms with E-state index in [1.165, 1.54) is 7.05 Å². The molecule has 2 atom stereocenters. The molecule has 0 fully saturated rings. The lowest BCUT2D eigenvalue weighted by atomic mass is 10.1. The molecule has 0 saturated carbocycles. The second-order valence-electron chi connectivity index (χ2n) is 4.90. The molecule has 2 rings (SSSR count). The van der Waals surface area contributed by atoms with Gasteiger partial charge in [-0.3, -0.25) is 0 Å². The second kappa shape index (κ2) is 21.0. The van der Waals surface area contributed by atoms with Crippen molar-refractivity contribution in [3.63, 3.8) is 0 Å². The molecule has 148 valence electrons. The van der Waals surface area contributed by atoms with E-state index in [1.807, 2.05) is 65.7 Å². The molecule has 4 N–H and O–H groups in total. The first-order valence-electron chi connectivity index (χ1n) is 9.24. The number of benzene rings is 1. The average Bonchev–Trinajstić information content (AvgIpc) is 3.11. The highest BCUT2D eigenvalue weighted by Crippen LogP contribution is 2.27. The Morgan fingerprint density at radius 2 is 1.77 bits per heavy atom. The van der Waals surface area contributed by atoms with Gasteiger partial charge in [0.25, 0.3) is 0 Å². The maximum Gasteiger partial charge on any atom is 0.128 e. The number of nitrogens with two attached hydrogens (primary N) is 2. The molecule has 0 aliphatic heterocycles. The fourth-order valence-electron chi connectivity index (χ4n) is 1.91. The van der Waals surface area contributed by atoms with Gasteiger partial charge in [0.05, 0.1) is 6.04 Å².